The van der Waals surface area contributed by atoms with E-state index in [0.29, 0.717) is 6.42 Å². The highest BCUT2D eigenvalue weighted by Gasteiger charge is 2.09. The van der Waals surface area contributed by atoms with Crippen molar-refractivity contribution in [2.45, 2.75) is 31.8 Å². The lowest BCUT2D eigenvalue weighted by Gasteiger charge is -2.04. The molecule has 0 saturated carbocycles. The lowest BCUT2D eigenvalue weighted by atomic mass is 10.2. The van der Waals surface area contributed by atoms with E-state index in [1.807, 2.05) is 0 Å². The summed E-state index contributed by atoms with van der Waals surface area (Å²) in [6, 6.07) is -1.57. The molecule has 0 spiro atoms. The van der Waals surface area contributed by atoms with Crippen molar-refractivity contribution >= 4 is 17.8 Å². The van der Waals surface area contributed by atoms with Gasteiger partial charge in [-0.2, -0.15) is 0 Å². The molecule has 2 unspecified atom stereocenters. The number of carbonyl (C=O) groups is 3. The van der Waals surface area contributed by atoms with Crippen molar-refractivity contribution < 1.29 is 41.5 Å². The van der Waals surface area contributed by atoms with Crippen LogP contribution in [0.25, 0.3) is 0 Å². The Morgan fingerprint density at radius 2 is 1.44 bits per heavy atom. The highest BCUT2D eigenvalue weighted by Crippen LogP contribution is 1.79. The summed E-state index contributed by atoms with van der Waals surface area (Å²) in [6.45, 7) is 1.76. The minimum absolute atomic E-state index is 0. The molecule has 0 aromatic heterocycles. The SMILES string of the molecule is CCC([NH3+])C(=O)[O-].NC(=O)CC([NH3+])C(=O)[O-].[NH4+].[OH3+]. The summed E-state index contributed by atoms with van der Waals surface area (Å²) in [6.07, 6.45) is 0.282. The molecule has 10 nitrogen and oxygen atoms in total. The summed E-state index contributed by atoms with van der Waals surface area (Å²) in [4.78, 5) is 29.6. The Bertz CT molecular complexity index is 260. The molecule has 0 bridgehead atoms. The number of carboxylic acid groups (broad SMARTS) is 2. The van der Waals surface area contributed by atoms with E-state index < -0.39 is 29.9 Å². The van der Waals surface area contributed by atoms with Gasteiger partial charge in [-0.15, -0.1) is 0 Å². The van der Waals surface area contributed by atoms with Gasteiger partial charge in [-0.1, -0.05) is 6.92 Å². The van der Waals surface area contributed by atoms with Gasteiger partial charge >= 0.3 is 0 Å². The van der Waals surface area contributed by atoms with E-state index >= 15 is 0 Å². The Kier molecular flexibility index (Phi) is 18.6. The van der Waals surface area contributed by atoms with Crippen molar-refractivity contribution in [2.24, 2.45) is 5.73 Å². The van der Waals surface area contributed by atoms with E-state index in [1.54, 1.807) is 6.92 Å². The van der Waals surface area contributed by atoms with Crippen LogP contribution in [0, 0.1) is 0 Å². The third-order valence-corrected chi connectivity index (χ3v) is 1.61. The van der Waals surface area contributed by atoms with Crippen LogP contribution in [-0.2, 0) is 19.9 Å². The van der Waals surface area contributed by atoms with Crippen molar-refractivity contribution in [3.8, 4) is 0 Å². The molecule has 0 aliphatic rings. The first-order chi connectivity index (χ1) is 7.22. The monoisotopic (exact) mass is 272 g/mol. The maximum absolute atomic E-state index is 10.0. The molecule has 1 amide bonds. The lowest BCUT2D eigenvalue weighted by Crippen LogP contribution is -2.69. The smallest absolute Gasteiger partial charge is 0.223 e. The fraction of sp³-hybridized carbons (Fsp3) is 0.625. The summed E-state index contributed by atoms with van der Waals surface area (Å²) in [5, 5.41) is 19.6. The van der Waals surface area contributed by atoms with E-state index in [2.05, 4.69) is 17.2 Å². The predicted octanol–water partition coefficient (Wildman–Crippen LogP) is -6.57. The van der Waals surface area contributed by atoms with Crippen LogP contribution in [0.1, 0.15) is 19.8 Å². The number of nitrogens with two attached hydrogens (primary N) is 1. The average molecular weight is 272 g/mol. The molecule has 0 saturated heterocycles. The average Bonchev–Trinajstić information content (AvgIpc) is 2.16. The molecule has 0 aliphatic heterocycles. The molecule has 2 atom stereocenters. The highest BCUT2D eigenvalue weighted by molar-refractivity contribution is 5.81. The summed E-state index contributed by atoms with van der Waals surface area (Å²) in [5.41, 5.74) is 11.1. The van der Waals surface area contributed by atoms with Crippen molar-refractivity contribution in [1.82, 2.24) is 6.15 Å². The van der Waals surface area contributed by atoms with E-state index in [9.17, 15) is 24.6 Å². The second kappa shape index (κ2) is 13.3. The third kappa shape index (κ3) is 16.7. The lowest BCUT2D eigenvalue weighted by molar-refractivity contribution is -0.437. The number of rotatable bonds is 5. The van der Waals surface area contributed by atoms with Crippen molar-refractivity contribution in [3.05, 3.63) is 0 Å². The first kappa shape index (κ1) is 25.2. The summed E-state index contributed by atoms with van der Waals surface area (Å²) in [7, 11) is 0. The molecule has 0 aliphatic carbocycles. The third-order valence-electron chi connectivity index (χ3n) is 1.61. The molecule has 18 heavy (non-hydrogen) atoms. The van der Waals surface area contributed by atoms with Crippen LogP contribution in [0.2, 0.25) is 0 Å². The number of hydrogen-bond donors (Lipinski definition) is 4. The molecule has 0 aromatic carbocycles. The van der Waals surface area contributed by atoms with Gasteiger partial charge in [0, 0.05) is 6.42 Å². The van der Waals surface area contributed by atoms with E-state index in [4.69, 9.17) is 0 Å². The predicted molar refractivity (Wildman–Crippen MR) is 58.3 cm³/mol. The Labute approximate surface area is 104 Å². The Morgan fingerprint density at radius 1 is 1.11 bits per heavy atom. The maximum Gasteiger partial charge on any atom is 0.223 e. The van der Waals surface area contributed by atoms with Gasteiger partial charge in [0.05, 0.1) is 18.4 Å². The number of quaternary nitrogens is 3. The van der Waals surface area contributed by atoms with E-state index in [-0.39, 0.29) is 18.0 Å². The molecule has 0 heterocycles. The minimum Gasteiger partial charge on any atom is -0.544 e. The fourth-order valence-electron chi connectivity index (χ4n) is 0.493. The Hall–Kier alpha value is -1.75. The normalized spacial score (nSPS) is 11.5. The molecule has 0 fully saturated rings. The highest BCUT2D eigenvalue weighted by atomic mass is 16.4. The maximum atomic E-state index is 10.0. The van der Waals surface area contributed by atoms with Gasteiger partial charge in [0.15, 0.2) is 0 Å². The van der Waals surface area contributed by atoms with Crippen LogP contribution >= 0.6 is 0 Å². The molecule has 110 valence electrons. The second-order valence-electron chi connectivity index (χ2n) is 3.11. The van der Waals surface area contributed by atoms with Crippen LogP contribution in [0.3, 0.4) is 0 Å². The number of amides is 1. The van der Waals surface area contributed by atoms with Gasteiger partial charge in [0.25, 0.3) is 0 Å². The van der Waals surface area contributed by atoms with Crippen LogP contribution in [-0.4, -0.2) is 29.9 Å². The van der Waals surface area contributed by atoms with Gasteiger partial charge in [-0.25, -0.2) is 0 Å². The second-order valence-corrected chi connectivity index (χ2v) is 3.11. The number of carbonyl (C=O) groups excluding carboxylic acids is 3. The molecular weight excluding hydrogens is 248 g/mol. The van der Waals surface area contributed by atoms with Crippen molar-refractivity contribution in [1.29, 1.82) is 0 Å². The van der Waals surface area contributed by atoms with Crippen LogP contribution in [0.5, 0.6) is 0 Å². The number of hydrogen-bond acceptors (Lipinski definition) is 5. The summed E-state index contributed by atoms with van der Waals surface area (Å²) < 4.78 is 0. The zero-order valence-corrected chi connectivity index (χ0v) is 10.7. The van der Waals surface area contributed by atoms with E-state index in [0.717, 1.165) is 0 Å². The van der Waals surface area contributed by atoms with Gasteiger partial charge in [0.1, 0.15) is 12.1 Å². The fourth-order valence-corrected chi connectivity index (χ4v) is 0.493. The van der Waals surface area contributed by atoms with Gasteiger partial charge in [-0.3, -0.25) is 4.79 Å². The quantitative estimate of drug-likeness (QED) is 0.355. The Balaban J connectivity index is -0.000000100. The number of carboxylic acids is 2. The Morgan fingerprint density at radius 3 is 1.50 bits per heavy atom. The van der Waals surface area contributed by atoms with E-state index in [1.165, 1.54) is 0 Å². The minimum atomic E-state index is -1.35. The van der Waals surface area contributed by atoms with Crippen LogP contribution in [0.4, 0.5) is 0 Å². The molecule has 0 rings (SSSR count). The molecule has 15 N–H and O–H groups in total. The van der Waals surface area contributed by atoms with Crippen LogP contribution in [0.15, 0.2) is 0 Å². The molecule has 10 heteroatoms. The van der Waals surface area contributed by atoms with Gasteiger partial charge in [0.2, 0.25) is 5.91 Å². The van der Waals surface area contributed by atoms with Crippen LogP contribution < -0.4 is 33.6 Å². The molecular formula is C8H24N4O6+2. The first-order valence-electron chi connectivity index (χ1n) is 4.58. The molecule has 0 radical (unpaired) electrons. The topological polar surface area (TPSA) is 248 Å². The summed E-state index contributed by atoms with van der Waals surface area (Å²) in [5.74, 6) is -3.10. The first-order valence-corrected chi connectivity index (χ1v) is 4.58. The summed E-state index contributed by atoms with van der Waals surface area (Å²) >= 11 is 0. The number of primary amides is 1. The van der Waals surface area contributed by atoms with Gasteiger partial charge < -0.3 is 48.6 Å². The van der Waals surface area contributed by atoms with Crippen molar-refractivity contribution in [2.75, 3.05) is 0 Å². The zero-order chi connectivity index (χ0) is 13.3. The van der Waals surface area contributed by atoms with Crippen molar-refractivity contribution in [3.63, 3.8) is 0 Å². The standard InChI is InChI=1S/C4H8N2O3.C4H9NO2.H3N.H2O/c5-2(4(8)9)1-3(6)7;1-2-3(5)4(6)7;;/h2H,1,5H2,(H2,6,7)(H,8,9);3H,2,5H2,1H3,(H,6,7);1H3;1H2/p+2. The molecule has 0 aromatic rings. The number of aliphatic carboxylic acids is 2. The van der Waals surface area contributed by atoms with Gasteiger partial charge in [-0.05, 0) is 0 Å². The largest absolute Gasteiger partial charge is 0.544 e. The zero-order valence-electron chi connectivity index (χ0n) is 10.7.